The van der Waals surface area contributed by atoms with Gasteiger partial charge < -0.3 is 14.8 Å². The van der Waals surface area contributed by atoms with Crippen molar-refractivity contribution in [2.45, 2.75) is 12.5 Å². The van der Waals surface area contributed by atoms with Crippen LogP contribution in [0.4, 0.5) is 11.5 Å². The Morgan fingerprint density at radius 3 is 2.71 bits per heavy atom. The van der Waals surface area contributed by atoms with Crippen molar-refractivity contribution in [3.8, 4) is 5.75 Å². The summed E-state index contributed by atoms with van der Waals surface area (Å²) in [5.41, 5.74) is 4.68. The van der Waals surface area contributed by atoms with Crippen LogP contribution < -0.4 is 10.1 Å². The Bertz CT molecular complexity index is 1080. The summed E-state index contributed by atoms with van der Waals surface area (Å²) in [6.07, 6.45) is 9.81. The van der Waals surface area contributed by atoms with Crippen LogP contribution in [0.5, 0.6) is 5.75 Å². The maximum atomic E-state index is 5.66. The summed E-state index contributed by atoms with van der Waals surface area (Å²) in [6.45, 7) is 7.80. The molecule has 3 aromatic rings. The van der Waals surface area contributed by atoms with Crippen LogP contribution in [0.15, 0.2) is 62.2 Å². The zero-order valence-corrected chi connectivity index (χ0v) is 15.7. The molecule has 28 heavy (non-hydrogen) atoms. The summed E-state index contributed by atoms with van der Waals surface area (Å²) >= 11 is 0. The summed E-state index contributed by atoms with van der Waals surface area (Å²) in [5.74, 6) is 1.44. The molecule has 1 aliphatic rings. The van der Waals surface area contributed by atoms with Gasteiger partial charge >= 0.3 is 0 Å². The number of aromatic nitrogens is 2. The van der Waals surface area contributed by atoms with Crippen LogP contribution in [0.3, 0.4) is 0 Å². The number of fused-ring (bicyclic) bond motifs is 1. The molecule has 0 saturated carbocycles. The quantitative estimate of drug-likeness (QED) is 0.607. The first-order chi connectivity index (χ1) is 13.7. The van der Waals surface area contributed by atoms with Crippen LogP contribution in [-0.2, 0) is 4.74 Å². The van der Waals surface area contributed by atoms with Crippen molar-refractivity contribution in [2.75, 3.05) is 12.4 Å². The van der Waals surface area contributed by atoms with Gasteiger partial charge in [-0.1, -0.05) is 37.4 Å². The van der Waals surface area contributed by atoms with Crippen molar-refractivity contribution in [1.29, 1.82) is 0 Å². The van der Waals surface area contributed by atoms with E-state index in [1.54, 1.807) is 25.8 Å². The Balaban J connectivity index is 1.78. The van der Waals surface area contributed by atoms with Gasteiger partial charge in [0.2, 0.25) is 0 Å². The minimum absolute atomic E-state index is 0.0400. The van der Waals surface area contributed by atoms with Crippen LogP contribution in [0.1, 0.15) is 29.2 Å². The molecule has 1 atom stereocenters. The second-order valence-electron chi connectivity index (χ2n) is 6.45. The fourth-order valence-corrected chi connectivity index (χ4v) is 3.32. The second-order valence-corrected chi connectivity index (χ2v) is 6.45. The van der Waals surface area contributed by atoms with Crippen LogP contribution in [0.25, 0.3) is 23.1 Å². The molecule has 5 heteroatoms. The van der Waals surface area contributed by atoms with E-state index in [0.29, 0.717) is 5.82 Å². The number of nitrogens with zero attached hydrogens (tertiary/aromatic N) is 2. The lowest BCUT2D eigenvalue weighted by Crippen LogP contribution is -2.01. The highest BCUT2D eigenvalue weighted by Gasteiger charge is 2.16. The van der Waals surface area contributed by atoms with Gasteiger partial charge in [0, 0.05) is 29.1 Å². The summed E-state index contributed by atoms with van der Waals surface area (Å²) in [5, 5.41) is 4.33. The largest absolute Gasteiger partial charge is 0.496 e. The van der Waals surface area contributed by atoms with Crippen molar-refractivity contribution in [1.82, 2.24) is 9.97 Å². The van der Waals surface area contributed by atoms with Gasteiger partial charge in [0.05, 0.1) is 18.9 Å². The predicted molar refractivity (Wildman–Crippen MR) is 114 cm³/mol. The Hall–Kier alpha value is -3.60. The summed E-state index contributed by atoms with van der Waals surface area (Å²) in [6, 6.07) is 10.1. The molecule has 0 fully saturated rings. The number of hydrogen-bond donors (Lipinski definition) is 1. The molecule has 1 aliphatic heterocycles. The zero-order chi connectivity index (χ0) is 19.5. The van der Waals surface area contributed by atoms with Crippen molar-refractivity contribution < 1.29 is 9.47 Å². The van der Waals surface area contributed by atoms with Gasteiger partial charge in [-0.15, -0.1) is 0 Å². The number of anilines is 2. The molecule has 0 spiro atoms. The summed E-state index contributed by atoms with van der Waals surface area (Å²) in [4.78, 5) is 8.84. The highest BCUT2D eigenvalue weighted by atomic mass is 16.5. The first-order valence-corrected chi connectivity index (χ1v) is 9.02. The third kappa shape index (κ3) is 3.22. The standard InChI is InChI=1S/C23H21N3O2/c1-4-15-8-9-17(21-7-6-10-28-21)12-19(15)26-23-18-11-16(5-2)22(27-3)13-20(18)24-14-25-23/h4-6,8-14,21H,1-2,7H2,3H3,(H,24,25,26). The van der Waals surface area contributed by atoms with E-state index >= 15 is 0 Å². The molecule has 0 aliphatic carbocycles. The van der Waals surface area contributed by atoms with E-state index in [-0.39, 0.29) is 6.10 Å². The number of rotatable bonds is 6. The maximum absolute atomic E-state index is 5.66. The molecule has 2 heterocycles. The normalized spacial score (nSPS) is 15.2. The Labute approximate surface area is 164 Å². The van der Waals surface area contributed by atoms with Crippen molar-refractivity contribution >= 4 is 34.6 Å². The average molecular weight is 371 g/mol. The lowest BCUT2D eigenvalue weighted by Gasteiger charge is -2.16. The average Bonchev–Trinajstić information content (AvgIpc) is 3.28. The van der Waals surface area contributed by atoms with Crippen molar-refractivity contribution in [3.63, 3.8) is 0 Å². The molecule has 1 unspecified atom stereocenters. The number of ether oxygens (including phenoxy) is 2. The van der Waals surface area contributed by atoms with Gasteiger partial charge in [0.25, 0.3) is 0 Å². The van der Waals surface area contributed by atoms with Crippen molar-refractivity contribution in [3.05, 3.63) is 78.8 Å². The molecule has 1 N–H and O–H groups in total. The van der Waals surface area contributed by atoms with E-state index in [1.807, 2.05) is 30.4 Å². The fraction of sp³-hybridized carbons (Fsp3) is 0.130. The van der Waals surface area contributed by atoms with Crippen LogP contribution in [0.2, 0.25) is 0 Å². The molecule has 2 aromatic carbocycles. The molecular formula is C23H21N3O2. The molecule has 0 saturated heterocycles. The highest BCUT2D eigenvalue weighted by Crippen LogP contribution is 2.34. The Kier molecular flexibility index (Phi) is 4.81. The van der Waals surface area contributed by atoms with Crippen LogP contribution in [0, 0.1) is 0 Å². The lowest BCUT2D eigenvalue weighted by molar-refractivity contribution is 0.173. The van der Waals surface area contributed by atoms with E-state index in [1.165, 1.54) is 0 Å². The number of hydrogen-bond acceptors (Lipinski definition) is 5. The van der Waals surface area contributed by atoms with E-state index < -0.39 is 0 Å². The molecule has 140 valence electrons. The molecular weight excluding hydrogens is 350 g/mol. The van der Waals surface area contributed by atoms with Crippen LogP contribution >= 0.6 is 0 Å². The topological polar surface area (TPSA) is 56.3 Å². The Morgan fingerprint density at radius 1 is 1.14 bits per heavy atom. The minimum atomic E-state index is 0.0400. The number of benzene rings is 2. The molecule has 4 rings (SSSR count). The monoisotopic (exact) mass is 371 g/mol. The SMILES string of the molecule is C=Cc1ccc(C2CC=CO2)cc1Nc1ncnc2cc(OC)c(C=C)cc12. The molecule has 0 bridgehead atoms. The van der Waals surface area contributed by atoms with Gasteiger partial charge in [-0.2, -0.15) is 0 Å². The minimum Gasteiger partial charge on any atom is -0.496 e. The first-order valence-electron chi connectivity index (χ1n) is 9.02. The van der Waals surface area contributed by atoms with Gasteiger partial charge in [-0.05, 0) is 29.3 Å². The smallest absolute Gasteiger partial charge is 0.141 e. The van der Waals surface area contributed by atoms with Gasteiger partial charge in [-0.25, -0.2) is 9.97 Å². The van der Waals surface area contributed by atoms with E-state index in [2.05, 4.69) is 40.6 Å². The van der Waals surface area contributed by atoms with Crippen LogP contribution in [-0.4, -0.2) is 17.1 Å². The van der Waals surface area contributed by atoms with Crippen molar-refractivity contribution in [2.24, 2.45) is 0 Å². The molecule has 5 nitrogen and oxygen atoms in total. The third-order valence-corrected chi connectivity index (χ3v) is 4.82. The summed E-state index contributed by atoms with van der Waals surface area (Å²) < 4.78 is 11.1. The highest BCUT2D eigenvalue weighted by molar-refractivity contribution is 5.94. The maximum Gasteiger partial charge on any atom is 0.141 e. The second kappa shape index (κ2) is 7.56. The number of nitrogens with one attached hydrogen (secondary N) is 1. The van der Waals surface area contributed by atoms with E-state index in [4.69, 9.17) is 9.47 Å². The van der Waals surface area contributed by atoms with Gasteiger partial charge in [0.15, 0.2) is 0 Å². The number of methoxy groups -OCH3 is 1. The fourth-order valence-electron chi connectivity index (χ4n) is 3.32. The first kappa shape index (κ1) is 17.8. The molecule has 1 aromatic heterocycles. The third-order valence-electron chi connectivity index (χ3n) is 4.82. The van der Waals surface area contributed by atoms with E-state index in [0.717, 1.165) is 45.5 Å². The Morgan fingerprint density at radius 2 is 2.00 bits per heavy atom. The molecule has 0 amide bonds. The van der Waals surface area contributed by atoms with Gasteiger partial charge in [0.1, 0.15) is 24.0 Å². The lowest BCUT2D eigenvalue weighted by atomic mass is 10.0. The predicted octanol–water partition coefficient (Wildman–Crippen LogP) is 5.64. The molecule has 0 radical (unpaired) electrons. The van der Waals surface area contributed by atoms with Gasteiger partial charge in [-0.3, -0.25) is 0 Å². The summed E-state index contributed by atoms with van der Waals surface area (Å²) in [7, 11) is 1.64. The zero-order valence-electron chi connectivity index (χ0n) is 15.7. The van der Waals surface area contributed by atoms with E-state index in [9.17, 15) is 0 Å².